The first kappa shape index (κ1) is 14.5. The van der Waals surface area contributed by atoms with Crippen LogP contribution in [-0.2, 0) is 11.3 Å². The molecule has 0 amide bonds. The van der Waals surface area contributed by atoms with Gasteiger partial charge in [-0.15, -0.1) is 10.2 Å². The molecule has 4 rings (SSSR count). The molecule has 24 heavy (non-hydrogen) atoms. The second-order valence-corrected chi connectivity index (χ2v) is 5.62. The highest BCUT2D eigenvalue weighted by Crippen LogP contribution is 2.20. The molecular formula is C17H16N6O. The molecule has 0 saturated carbocycles. The first-order valence-corrected chi connectivity index (χ1v) is 7.89. The van der Waals surface area contributed by atoms with Gasteiger partial charge in [0.25, 0.3) is 0 Å². The Kier molecular flexibility index (Phi) is 3.53. The van der Waals surface area contributed by atoms with Crippen molar-refractivity contribution in [3.8, 4) is 0 Å². The second kappa shape index (κ2) is 5.84. The number of carbonyl (C=O) groups excluding carboxylic acids is 1. The average Bonchev–Trinajstić information content (AvgIpc) is 3.23. The minimum atomic E-state index is -0.465. The van der Waals surface area contributed by atoms with E-state index in [0.29, 0.717) is 13.0 Å². The fourth-order valence-electron chi connectivity index (χ4n) is 2.88. The van der Waals surface area contributed by atoms with Crippen LogP contribution >= 0.6 is 0 Å². The number of carbonyl (C=O) groups is 1. The lowest BCUT2D eigenvalue weighted by atomic mass is 10.1. The van der Waals surface area contributed by atoms with Crippen LogP contribution in [0, 0.1) is 0 Å². The van der Waals surface area contributed by atoms with E-state index >= 15 is 0 Å². The summed E-state index contributed by atoms with van der Waals surface area (Å²) in [7, 11) is 0. The van der Waals surface area contributed by atoms with E-state index in [1.54, 1.807) is 9.36 Å². The number of Topliss-reactive ketones (excluding diaryl/α,β-unsaturated/α-hetero) is 1. The molecule has 2 aromatic carbocycles. The minimum Gasteiger partial charge on any atom is -0.297 e. The van der Waals surface area contributed by atoms with Crippen molar-refractivity contribution in [3.05, 3.63) is 48.5 Å². The molecule has 1 atom stereocenters. The number of hydrogen-bond acceptors (Lipinski definition) is 5. The van der Waals surface area contributed by atoms with E-state index in [1.807, 2.05) is 55.5 Å². The number of nitrogens with zero attached hydrogens (tertiary/aromatic N) is 6. The number of para-hydroxylation sites is 2. The Labute approximate surface area is 137 Å². The molecule has 7 nitrogen and oxygen atoms in total. The lowest BCUT2D eigenvalue weighted by Gasteiger charge is -2.16. The van der Waals surface area contributed by atoms with Crippen molar-refractivity contribution in [1.82, 2.24) is 30.0 Å². The monoisotopic (exact) mass is 320 g/mol. The average molecular weight is 320 g/mol. The summed E-state index contributed by atoms with van der Waals surface area (Å²) in [5.74, 6) is 0.0882. The topological polar surface area (TPSA) is 78.5 Å². The number of benzene rings is 2. The normalized spacial score (nSPS) is 12.7. The van der Waals surface area contributed by atoms with Gasteiger partial charge >= 0.3 is 0 Å². The van der Waals surface area contributed by atoms with Crippen LogP contribution in [0.4, 0.5) is 0 Å². The maximum atomic E-state index is 12.6. The smallest absolute Gasteiger partial charge is 0.159 e. The van der Waals surface area contributed by atoms with Gasteiger partial charge in [0.2, 0.25) is 0 Å². The van der Waals surface area contributed by atoms with Gasteiger partial charge in [0.15, 0.2) is 5.78 Å². The highest BCUT2D eigenvalue weighted by molar-refractivity contribution is 5.85. The summed E-state index contributed by atoms with van der Waals surface area (Å²) in [5.41, 5.74) is 3.32. The highest BCUT2D eigenvalue weighted by Gasteiger charge is 2.24. The van der Waals surface area contributed by atoms with E-state index < -0.39 is 6.04 Å². The van der Waals surface area contributed by atoms with Crippen LogP contribution < -0.4 is 0 Å². The van der Waals surface area contributed by atoms with E-state index in [4.69, 9.17) is 0 Å². The van der Waals surface area contributed by atoms with Gasteiger partial charge < -0.3 is 0 Å². The third kappa shape index (κ3) is 2.34. The number of hydrogen-bond donors (Lipinski definition) is 0. The van der Waals surface area contributed by atoms with Crippen molar-refractivity contribution >= 4 is 27.9 Å². The first-order chi connectivity index (χ1) is 11.8. The molecule has 2 aromatic heterocycles. The molecule has 0 fully saturated rings. The number of aromatic nitrogens is 6. The lowest BCUT2D eigenvalue weighted by Crippen LogP contribution is -2.25. The Morgan fingerprint density at radius 2 is 1.58 bits per heavy atom. The highest BCUT2D eigenvalue weighted by atomic mass is 16.1. The van der Waals surface area contributed by atoms with Crippen molar-refractivity contribution in [2.45, 2.75) is 25.9 Å². The van der Waals surface area contributed by atoms with Gasteiger partial charge in [-0.25, -0.2) is 9.36 Å². The van der Waals surface area contributed by atoms with Gasteiger partial charge in [-0.05, 0) is 24.3 Å². The number of fused-ring (bicyclic) bond motifs is 2. The molecule has 0 aliphatic carbocycles. The summed E-state index contributed by atoms with van der Waals surface area (Å²) in [5, 5.41) is 16.7. The van der Waals surface area contributed by atoms with Crippen LogP contribution in [-0.4, -0.2) is 35.8 Å². The lowest BCUT2D eigenvalue weighted by molar-refractivity contribution is -0.122. The fourth-order valence-corrected chi connectivity index (χ4v) is 2.88. The van der Waals surface area contributed by atoms with Gasteiger partial charge in [0.05, 0.1) is 17.6 Å². The molecule has 0 aliphatic heterocycles. The quantitative estimate of drug-likeness (QED) is 0.564. The summed E-state index contributed by atoms with van der Waals surface area (Å²) in [4.78, 5) is 12.6. The standard InChI is InChI=1S/C17H16N6O/c1-2-17(24)16(23-15-10-6-4-8-13(15)19-21-23)11-22-14-9-5-3-7-12(14)18-20-22/h3-10,16H,2,11H2,1H3. The maximum Gasteiger partial charge on any atom is 0.159 e. The molecular weight excluding hydrogens is 304 g/mol. The fraction of sp³-hybridized carbons (Fsp3) is 0.235. The van der Waals surface area contributed by atoms with Crippen molar-refractivity contribution in [3.63, 3.8) is 0 Å². The van der Waals surface area contributed by atoms with E-state index in [0.717, 1.165) is 22.1 Å². The number of ketones is 1. The van der Waals surface area contributed by atoms with Crippen LogP contribution in [0.3, 0.4) is 0 Å². The molecule has 2 heterocycles. The Balaban J connectivity index is 1.79. The summed E-state index contributed by atoms with van der Waals surface area (Å²) in [6.45, 7) is 2.23. The zero-order valence-electron chi connectivity index (χ0n) is 13.2. The Bertz CT molecular complexity index is 1020. The summed E-state index contributed by atoms with van der Waals surface area (Å²) >= 11 is 0. The van der Waals surface area contributed by atoms with Crippen molar-refractivity contribution < 1.29 is 4.79 Å². The second-order valence-electron chi connectivity index (χ2n) is 5.62. The van der Waals surface area contributed by atoms with E-state index in [2.05, 4.69) is 20.6 Å². The van der Waals surface area contributed by atoms with Gasteiger partial charge in [0.1, 0.15) is 17.1 Å². The molecule has 0 bridgehead atoms. The molecule has 0 saturated heterocycles. The molecule has 0 spiro atoms. The van der Waals surface area contributed by atoms with E-state index in [1.165, 1.54) is 0 Å². The molecule has 120 valence electrons. The van der Waals surface area contributed by atoms with E-state index in [-0.39, 0.29) is 5.78 Å². The van der Waals surface area contributed by atoms with Crippen molar-refractivity contribution in [2.75, 3.05) is 0 Å². The van der Waals surface area contributed by atoms with Crippen molar-refractivity contribution in [1.29, 1.82) is 0 Å². The van der Waals surface area contributed by atoms with Gasteiger partial charge in [0, 0.05) is 6.42 Å². The molecule has 7 heteroatoms. The molecule has 0 radical (unpaired) electrons. The Morgan fingerprint density at radius 1 is 0.958 bits per heavy atom. The van der Waals surface area contributed by atoms with Crippen LogP contribution in [0.25, 0.3) is 22.1 Å². The van der Waals surface area contributed by atoms with Crippen LogP contribution in [0.5, 0.6) is 0 Å². The van der Waals surface area contributed by atoms with Crippen LogP contribution in [0.15, 0.2) is 48.5 Å². The zero-order chi connectivity index (χ0) is 16.5. The Hall–Kier alpha value is -3.09. The summed E-state index contributed by atoms with van der Waals surface area (Å²) in [6.07, 6.45) is 0.422. The van der Waals surface area contributed by atoms with Gasteiger partial charge in [-0.2, -0.15) is 0 Å². The molecule has 1 unspecified atom stereocenters. The van der Waals surface area contributed by atoms with Gasteiger partial charge in [-0.3, -0.25) is 4.79 Å². The van der Waals surface area contributed by atoms with Crippen LogP contribution in [0.2, 0.25) is 0 Å². The summed E-state index contributed by atoms with van der Waals surface area (Å²) < 4.78 is 3.45. The summed E-state index contributed by atoms with van der Waals surface area (Å²) in [6, 6.07) is 14.9. The number of rotatable bonds is 5. The van der Waals surface area contributed by atoms with Crippen LogP contribution in [0.1, 0.15) is 19.4 Å². The largest absolute Gasteiger partial charge is 0.297 e. The third-order valence-electron chi connectivity index (χ3n) is 4.16. The first-order valence-electron chi connectivity index (χ1n) is 7.89. The van der Waals surface area contributed by atoms with Gasteiger partial charge in [-0.1, -0.05) is 41.6 Å². The Morgan fingerprint density at radius 3 is 2.33 bits per heavy atom. The predicted molar refractivity (Wildman–Crippen MR) is 89.4 cm³/mol. The maximum absolute atomic E-state index is 12.6. The predicted octanol–water partition coefficient (Wildman–Crippen LogP) is 2.40. The van der Waals surface area contributed by atoms with Crippen molar-refractivity contribution in [2.24, 2.45) is 0 Å². The molecule has 4 aromatic rings. The SMILES string of the molecule is CCC(=O)C(Cn1nnc2ccccc21)n1nnc2ccccc21. The third-order valence-corrected chi connectivity index (χ3v) is 4.16. The molecule has 0 aliphatic rings. The minimum absolute atomic E-state index is 0.0882. The zero-order valence-corrected chi connectivity index (χ0v) is 13.2. The van der Waals surface area contributed by atoms with E-state index in [9.17, 15) is 4.79 Å². The molecule has 0 N–H and O–H groups in total.